The Morgan fingerprint density at radius 3 is 2.65 bits per heavy atom. The van der Waals surface area contributed by atoms with Gasteiger partial charge in [-0.15, -0.1) is 0 Å². The molecular weight excluding hydrogens is 350 g/mol. The van der Waals surface area contributed by atoms with Gasteiger partial charge in [0.25, 0.3) is 0 Å². The minimum absolute atomic E-state index is 0.123. The summed E-state index contributed by atoms with van der Waals surface area (Å²) in [5.74, 6) is 2.40. The molecule has 3 heterocycles. The maximum absolute atomic E-state index is 6.38. The van der Waals surface area contributed by atoms with Gasteiger partial charge >= 0.3 is 0 Å². The Kier molecular flexibility index (Phi) is 4.78. The van der Waals surface area contributed by atoms with Gasteiger partial charge in [0.2, 0.25) is 5.89 Å². The highest BCUT2D eigenvalue weighted by Gasteiger charge is 2.26. The van der Waals surface area contributed by atoms with Crippen molar-refractivity contribution in [1.29, 1.82) is 0 Å². The quantitative estimate of drug-likeness (QED) is 0.651. The molecule has 136 valence electrons. The molecule has 0 N–H and O–H groups in total. The van der Waals surface area contributed by atoms with Gasteiger partial charge < -0.3 is 9.42 Å². The molecule has 0 bridgehead atoms. The summed E-state index contributed by atoms with van der Waals surface area (Å²) in [7, 11) is 0. The Morgan fingerprint density at radius 1 is 1.15 bits per heavy atom. The lowest BCUT2D eigenvalue weighted by atomic mass is 10.1. The maximum Gasteiger partial charge on any atom is 0.243 e. The van der Waals surface area contributed by atoms with Crippen LogP contribution in [0.2, 0.25) is 5.15 Å². The second kappa shape index (κ2) is 7.21. The smallest absolute Gasteiger partial charge is 0.243 e. The van der Waals surface area contributed by atoms with Gasteiger partial charge in [0.15, 0.2) is 5.82 Å². The summed E-state index contributed by atoms with van der Waals surface area (Å²) in [5.41, 5.74) is 0. The van der Waals surface area contributed by atoms with E-state index in [9.17, 15) is 0 Å². The second-order valence-electron chi connectivity index (χ2n) is 6.59. The Balaban J connectivity index is 1.46. The number of rotatable bonds is 4. The van der Waals surface area contributed by atoms with E-state index in [2.05, 4.69) is 44.0 Å². The van der Waals surface area contributed by atoms with Crippen molar-refractivity contribution in [2.45, 2.75) is 26.3 Å². The van der Waals surface area contributed by atoms with Gasteiger partial charge in [0, 0.05) is 38.0 Å². The fourth-order valence-electron chi connectivity index (χ4n) is 3.38. The monoisotopic (exact) mass is 371 g/mol. The molecule has 0 radical (unpaired) electrons. The highest BCUT2D eigenvalue weighted by atomic mass is 35.5. The number of anilines is 1. The van der Waals surface area contributed by atoms with Crippen LogP contribution in [0.3, 0.4) is 0 Å². The molecule has 1 aliphatic heterocycles. The predicted molar refractivity (Wildman–Crippen MR) is 103 cm³/mol. The van der Waals surface area contributed by atoms with Crippen molar-refractivity contribution in [3.63, 3.8) is 0 Å². The maximum atomic E-state index is 6.38. The Morgan fingerprint density at radius 2 is 1.92 bits per heavy atom. The third-order valence-electron chi connectivity index (χ3n) is 5.02. The van der Waals surface area contributed by atoms with E-state index in [1.807, 2.05) is 25.1 Å². The first kappa shape index (κ1) is 17.2. The predicted octanol–water partition coefficient (Wildman–Crippen LogP) is 3.72. The summed E-state index contributed by atoms with van der Waals surface area (Å²) < 4.78 is 5.40. The van der Waals surface area contributed by atoms with Gasteiger partial charge in [-0.25, -0.2) is 4.98 Å². The molecule has 0 saturated carbocycles. The van der Waals surface area contributed by atoms with Crippen LogP contribution in [-0.4, -0.2) is 46.2 Å². The molecule has 4 rings (SSSR count). The fourth-order valence-corrected chi connectivity index (χ4v) is 3.64. The average Bonchev–Trinajstić information content (AvgIpc) is 3.17. The van der Waals surface area contributed by atoms with Crippen LogP contribution in [0.15, 0.2) is 34.9 Å². The largest absolute Gasteiger partial charge is 0.354 e. The summed E-state index contributed by atoms with van der Waals surface area (Å²) in [5, 5.41) is 6.68. The van der Waals surface area contributed by atoms with E-state index in [1.165, 1.54) is 0 Å². The van der Waals surface area contributed by atoms with Crippen molar-refractivity contribution in [3.8, 4) is 0 Å². The average molecular weight is 372 g/mol. The van der Waals surface area contributed by atoms with Crippen LogP contribution in [0, 0.1) is 0 Å². The normalized spacial score (nSPS) is 17.0. The van der Waals surface area contributed by atoms with Crippen molar-refractivity contribution in [1.82, 2.24) is 20.0 Å². The number of piperazine rings is 1. The molecule has 26 heavy (non-hydrogen) atoms. The molecule has 1 saturated heterocycles. The molecule has 1 fully saturated rings. The molecule has 0 spiro atoms. The van der Waals surface area contributed by atoms with Gasteiger partial charge in [0.05, 0.1) is 6.04 Å². The topological polar surface area (TPSA) is 58.3 Å². The summed E-state index contributed by atoms with van der Waals surface area (Å²) >= 11 is 6.38. The van der Waals surface area contributed by atoms with E-state index in [-0.39, 0.29) is 6.04 Å². The lowest BCUT2D eigenvalue weighted by molar-refractivity contribution is 0.164. The summed E-state index contributed by atoms with van der Waals surface area (Å²) in [6.07, 6.45) is 0.790. The van der Waals surface area contributed by atoms with Gasteiger partial charge in [0.1, 0.15) is 11.0 Å². The first-order chi connectivity index (χ1) is 12.7. The molecule has 7 heteroatoms. The number of halogens is 1. The Bertz CT molecular complexity index is 904. The Labute approximate surface area is 157 Å². The first-order valence-electron chi connectivity index (χ1n) is 9.02. The molecule has 2 aromatic heterocycles. The number of pyridine rings is 1. The molecule has 0 aliphatic carbocycles. The number of nitrogens with zero attached hydrogens (tertiary/aromatic N) is 5. The van der Waals surface area contributed by atoms with E-state index in [1.54, 1.807) is 0 Å². The summed E-state index contributed by atoms with van der Waals surface area (Å²) in [6, 6.07) is 10.3. The van der Waals surface area contributed by atoms with Crippen molar-refractivity contribution in [3.05, 3.63) is 47.2 Å². The third kappa shape index (κ3) is 3.27. The zero-order chi connectivity index (χ0) is 18.1. The van der Waals surface area contributed by atoms with E-state index < -0.39 is 0 Å². The standard InChI is InChI=1S/C19H22ClN5O/c1-3-16-21-19(26-23-16)13(2)24-8-10-25(11-9-24)17-12-14-6-4-5-7-15(14)18(20)22-17/h4-7,12-13H,3,8-11H2,1-2H3. The molecule has 1 atom stereocenters. The van der Waals surface area contributed by atoms with Crippen molar-refractivity contribution < 1.29 is 4.52 Å². The molecular formula is C19H22ClN5O. The van der Waals surface area contributed by atoms with Crippen LogP contribution in [0.25, 0.3) is 10.8 Å². The van der Waals surface area contributed by atoms with Crippen molar-refractivity contribution in [2.24, 2.45) is 0 Å². The van der Waals surface area contributed by atoms with Gasteiger partial charge in [-0.1, -0.05) is 47.9 Å². The number of fused-ring (bicyclic) bond motifs is 1. The SMILES string of the molecule is CCc1noc(C(C)N2CCN(c3cc4ccccc4c(Cl)n3)CC2)n1. The highest BCUT2D eigenvalue weighted by Crippen LogP contribution is 2.28. The van der Waals surface area contributed by atoms with Crippen molar-refractivity contribution in [2.75, 3.05) is 31.1 Å². The Hall–Kier alpha value is -2.18. The minimum Gasteiger partial charge on any atom is -0.354 e. The van der Waals surface area contributed by atoms with Crippen LogP contribution in [0.1, 0.15) is 31.6 Å². The molecule has 6 nitrogen and oxygen atoms in total. The number of hydrogen-bond donors (Lipinski definition) is 0. The number of aromatic nitrogens is 3. The molecule has 3 aromatic rings. The van der Waals surface area contributed by atoms with Crippen molar-refractivity contribution >= 4 is 28.2 Å². The number of aryl methyl sites for hydroxylation is 1. The second-order valence-corrected chi connectivity index (χ2v) is 6.95. The van der Waals surface area contributed by atoms with Gasteiger partial charge in [-0.05, 0) is 18.4 Å². The molecule has 1 aromatic carbocycles. The van der Waals surface area contributed by atoms with Gasteiger partial charge in [-0.2, -0.15) is 4.98 Å². The first-order valence-corrected chi connectivity index (χ1v) is 9.40. The molecule has 0 amide bonds. The zero-order valence-corrected chi connectivity index (χ0v) is 15.8. The highest BCUT2D eigenvalue weighted by molar-refractivity contribution is 6.34. The van der Waals surface area contributed by atoms with E-state index in [4.69, 9.17) is 16.1 Å². The van der Waals surface area contributed by atoms with E-state index in [0.717, 1.165) is 55.0 Å². The summed E-state index contributed by atoms with van der Waals surface area (Å²) in [6.45, 7) is 7.75. The van der Waals surface area contributed by atoms with Crippen LogP contribution < -0.4 is 4.90 Å². The lowest BCUT2D eigenvalue weighted by Gasteiger charge is -2.37. The zero-order valence-electron chi connectivity index (χ0n) is 15.0. The van der Waals surface area contributed by atoms with Crippen LogP contribution >= 0.6 is 11.6 Å². The third-order valence-corrected chi connectivity index (χ3v) is 5.31. The van der Waals surface area contributed by atoms with Gasteiger partial charge in [-0.3, -0.25) is 4.90 Å². The number of benzene rings is 1. The molecule has 1 aliphatic rings. The van der Waals surface area contributed by atoms with Crippen LogP contribution in [0.5, 0.6) is 0 Å². The fraction of sp³-hybridized carbons (Fsp3) is 0.421. The summed E-state index contributed by atoms with van der Waals surface area (Å²) in [4.78, 5) is 13.7. The minimum atomic E-state index is 0.123. The van der Waals surface area contributed by atoms with Crippen LogP contribution in [-0.2, 0) is 6.42 Å². The van der Waals surface area contributed by atoms with Crippen LogP contribution in [0.4, 0.5) is 5.82 Å². The number of hydrogen-bond acceptors (Lipinski definition) is 6. The van der Waals surface area contributed by atoms with E-state index >= 15 is 0 Å². The molecule has 1 unspecified atom stereocenters. The van der Waals surface area contributed by atoms with E-state index in [0.29, 0.717) is 11.0 Å². The lowest BCUT2D eigenvalue weighted by Crippen LogP contribution is -2.47.